The third-order valence-electron chi connectivity index (χ3n) is 5.21. The van der Waals surface area contributed by atoms with Crippen LogP contribution in [0.15, 0.2) is 59.5 Å². The summed E-state index contributed by atoms with van der Waals surface area (Å²) in [5.74, 6) is 1.12. The fraction of sp³-hybridized carbons (Fsp3) is 0.381. The first-order valence-corrected chi connectivity index (χ1v) is 9.56. The SMILES string of the molecule is O=c1ccccn1Cc1nc([C@H](O)c2ccccc2)nn1C1CCCCC1. The van der Waals surface area contributed by atoms with Crippen molar-refractivity contribution in [2.24, 2.45) is 0 Å². The molecule has 1 saturated carbocycles. The molecule has 140 valence electrons. The van der Waals surface area contributed by atoms with Crippen molar-refractivity contribution in [3.63, 3.8) is 0 Å². The quantitative estimate of drug-likeness (QED) is 0.755. The van der Waals surface area contributed by atoms with Gasteiger partial charge in [0.05, 0.1) is 12.6 Å². The van der Waals surface area contributed by atoms with E-state index in [0.29, 0.717) is 12.4 Å². The Hall–Kier alpha value is -2.73. The van der Waals surface area contributed by atoms with Crippen LogP contribution in [0.5, 0.6) is 0 Å². The highest BCUT2D eigenvalue weighted by Crippen LogP contribution is 2.29. The zero-order chi connectivity index (χ0) is 18.6. The zero-order valence-corrected chi connectivity index (χ0v) is 15.2. The van der Waals surface area contributed by atoms with Crippen molar-refractivity contribution < 1.29 is 5.11 Å². The molecule has 2 heterocycles. The molecule has 1 aromatic carbocycles. The molecule has 0 amide bonds. The summed E-state index contributed by atoms with van der Waals surface area (Å²) in [6, 6.07) is 14.8. The molecule has 6 heteroatoms. The zero-order valence-electron chi connectivity index (χ0n) is 15.2. The molecule has 4 rings (SSSR count). The molecule has 0 spiro atoms. The summed E-state index contributed by atoms with van der Waals surface area (Å²) >= 11 is 0. The van der Waals surface area contributed by atoms with Gasteiger partial charge in [0.25, 0.3) is 5.56 Å². The van der Waals surface area contributed by atoms with Crippen molar-refractivity contribution >= 4 is 0 Å². The van der Waals surface area contributed by atoms with Gasteiger partial charge in [-0.05, 0) is 24.5 Å². The number of pyridine rings is 1. The van der Waals surface area contributed by atoms with E-state index in [-0.39, 0.29) is 11.6 Å². The lowest BCUT2D eigenvalue weighted by Gasteiger charge is -2.23. The molecule has 1 atom stereocenters. The van der Waals surface area contributed by atoms with Gasteiger partial charge in [0.1, 0.15) is 11.9 Å². The van der Waals surface area contributed by atoms with Crippen LogP contribution in [0.3, 0.4) is 0 Å². The summed E-state index contributed by atoms with van der Waals surface area (Å²) in [6.07, 6.45) is 6.59. The maximum Gasteiger partial charge on any atom is 0.250 e. The Kier molecular flexibility index (Phi) is 5.16. The number of aromatic nitrogens is 4. The maximum absolute atomic E-state index is 12.1. The fourth-order valence-corrected chi connectivity index (χ4v) is 3.74. The maximum atomic E-state index is 12.1. The lowest BCUT2D eigenvalue weighted by Crippen LogP contribution is -2.23. The molecule has 2 aromatic heterocycles. The Labute approximate surface area is 158 Å². The summed E-state index contributed by atoms with van der Waals surface area (Å²) in [5.41, 5.74) is 0.697. The summed E-state index contributed by atoms with van der Waals surface area (Å²) in [7, 11) is 0. The van der Waals surface area contributed by atoms with Crippen LogP contribution in [0.2, 0.25) is 0 Å². The Morgan fingerprint density at radius 1 is 1.04 bits per heavy atom. The third kappa shape index (κ3) is 3.85. The highest BCUT2D eigenvalue weighted by Gasteiger charge is 2.24. The Bertz CT molecular complexity index is 942. The van der Waals surface area contributed by atoms with Gasteiger partial charge in [0.15, 0.2) is 5.82 Å². The van der Waals surface area contributed by atoms with E-state index in [0.717, 1.165) is 24.2 Å². The summed E-state index contributed by atoms with van der Waals surface area (Å²) in [5, 5.41) is 15.4. The molecule has 6 nitrogen and oxygen atoms in total. The monoisotopic (exact) mass is 364 g/mol. The van der Waals surface area contributed by atoms with Crippen molar-refractivity contribution in [3.05, 3.63) is 82.3 Å². The largest absolute Gasteiger partial charge is 0.380 e. The van der Waals surface area contributed by atoms with Gasteiger partial charge in [-0.2, -0.15) is 5.10 Å². The van der Waals surface area contributed by atoms with Gasteiger partial charge in [-0.1, -0.05) is 55.7 Å². The highest BCUT2D eigenvalue weighted by atomic mass is 16.3. The molecule has 27 heavy (non-hydrogen) atoms. The number of rotatable bonds is 5. The minimum absolute atomic E-state index is 0.0687. The van der Waals surface area contributed by atoms with Crippen LogP contribution in [0, 0.1) is 0 Å². The minimum Gasteiger partial charge on any atom is -0.380 e. The fourth-order valence-electron chi connectivity index (χ4n) is 3.74. The van der Waals surface area contributed by atoms with Crippen molar-refractivity contribution in [2.75, 3.05) is 0 Å². The molecule has 1 aliphatic rings. The van der Waals surface area contributed by atoms with Crippen molar-refractivity contribution in [2.45, 2.75) is 50.8 Å². The van der Waals surface area contributed by atoms with Crippen LogP contribution in [0.25, 0.3) is 0 Å². The summed E-state index contributed by atoms with van der Waals surface area (Å²) < 4.78 is 3.57. The number of aliphatic hydroxyl groups is 1. The van der Waals surface area contributed by atoms with Crippen LogP contribution >= 0.6 is 0 Å². The predicted octanol–water partition coefficient (Wildman–Crippen LogP) is 3.08. The lowest BCUT2D eigenvalue weighted by atomic mass is 9.95. The van der Waals surface area contributed by atoms with E-state index >= 15 is 0 Å². The summed E-state index contributed by atoms with van der Waals surface area (Å²) in [6.45, 7) is 0.352. The average Bonchev–Trinajstić information content (AvgIpc) is 3.14. The van der Waals surface area contributed by atoms with Crippen LogP contribution in [0.1, 0.15) is 61.5 Å². The molecule has 3 aromatic rings. The Morgan fingerprint density at radius 2 is 1.78 bits per heavy atom. The second-order valence-corrected chi connectivity index (χ2v) is 7.10. The van der Waals surface area contributed by atoms with Crippen LogP contribution < -0.4 is 5.56 Å². The second-order valence-electron chi connectivity index (χ2n) is 7.10. The average molecular weight is 364 g/mol. The first-order chi connectivity index (χ1) is 13.2. The first-order valence-electron chi connectivity index (χ1n) is 9.56. The van der Waals surface area contributed by atoms with E-state index in [1.165, 1.54) is 19.3 Å². The van der Waals surface area contributed by atoms with Gasteiger partial charge >= 0.3 is 0 Å². The molecule has 1 N–H and O–H groups in total. The van der Waals surface area contributed by atoms with Gasteiger partial charge in [-0.3, -0.25) is 4.79 Å². The molecule has 1 fully saturated rings. The first kappa shape index (κ1) is 17.7. The molecule has 0 saturated heterocycles. The number of aliphatic hydroxyl groups excluding tert-OH is 1. The molecule has 0 radical (unpaired) electrons. The van der Waals surface area contributed by atoms with E-state index < -0.39 is 6.10 Å². The molecule has 1 aliphatic carbocycles. The third-order valence-corrected chi connectivity index (χ3v) is 5.21. The predicted molar refractivity (Wildman–Crippen MR) is 102 cm³/mol. The minimum atomic E-state index is -0.873. The Balaban J connectivity index is 1.70. The topological polar surface area (TPSA) is 72.9 Å². The summed E-state index contributed by atoms with van der Waals surface area (Å²) in [4.78, 5) is 16.8. The number of hydrogen-bond donors (Lipinski definition) is 1. The second kappa shape index (κ2) is 7.88. The van der Waals surface area contributed by atoms with E-state index in [1.54, 1.807) is 22.9 Å². The van der Waals surface area contributed by atoms with Crippen molar-refractivity contribution in [1.82, 2.24) is 19.3 Å². The molecule has 0 bridgehead atoms. The number of nitrogens with zero attached hydrogens (tertiary/aromatic N) is 4. The van der Waals surface area contributed by atoms with Crippen LogP contribution in [-0.4, -0.2) is 24.4 Å². The van der Waals surface area contributed by atoms with Gasteiger partial charge in [-0.25, -0.2) is 9.67 Å². The molecule has 0 unspecified atom stereocenters. The lowest BCUT2D eigenvalue weighted by molar-refractivity contribution is 0.208. The highest BCUT2D eigenvalue weighted by molar-refractivity contribution is 5.22. The van der Waals surface area contributed by atoms with Crippen molar-refractivity contribution in [3.8, 4) is 0 Å². The van der Waals surface area contributed by atoms with Gasteiger partial charge < -0.3 is 9.67 Å². The van der Waals surface area contributed by atoms with E-state index in [1.807, 2.05) is 41.1 Å². The molecule has 0 aliphatic heterocycles. The number of benzene rings is 1. The van der Waals surface area contributed by atoms with E-state index in [9.17, 15) is 9.90 Å². The van der Waals surface area contributed by atoms with Gasteiger partial charge in [0.2, 0.25) is 0 Å². The van der Waals surface area contributed by atoms with E-state index in [2.05, 4.69) is 10.1 Å². The van der Waals surface area contributed by atoms with Gasteiger partial charge in [0, 0.05) is 12.3 Å². The normalized spacial score (nSPS) is 16.3. The smallest absolute Gasteiger partial charge is 0.250 e. The van der Waals surface area contributed by atoms with Crippen LogP contribution in [-0.2, 0) is 6.54 Å². The van der Waals surface area contributed by atoms with Crippen LogP contribution in [0.4, 0.5) is 0 Å². The Morgan fingerprint density at radius 3 is 2.52 bits per heavy atom. The van der Waals surface area contributed by atoms with Crippen molar-refractivity contribution in [1.29, 1.82) is 0 Å². The standard InChI is InChI=1S/C21H24N4O2/c26-19-13-7-8-14-24(19)15-18-22-21(20(27)16-9-3-1-4-10-16)23-25(18)17-11-5-2-6-12-17/h1,3-4,7-10,13-14,17,20,27H,2,5-6,11-12,15H2/t20-/m1/s1. The van der Waals surface area contributed by atoms with Gasteiger partial charge in [-0.15, -0.1) is 0 Å². The number of hydrogen-bond acceptors (Lipinski definition) is 4. The molecular weight excluding hydrogens is 340 g/mol. The van der Waals surface area contributed by atoms with E-state index in [4.69, 9.17) is 0 Å². The molecular formula is C21H24N4O2.